The molecule has 0 atom stereocenters. The van der Waals surface area contributed by atoms with Crippen LogP contribution >= 0.6 is 27.7 Å². The van der Waals surface area contributed by atoms with E-state index in [2.05, 4.69) is 38.1 Å². The maximum atomic E-state index is 5.11. The molecular formula is C10H16BrN3OS. The van der Waals surface area contributed by atoms with Gasteiger partial charge < -0.3 is 10.1 Å². The van der Waals surface area contributed by atoms with Gasteiger partial charge in [0.15, 0.2) is 0 Å². The van der Waals surface area contributed by atoms with E-state index in [0.717, 1.165) is 33.3 Å². The van der Waals surface area contributed by atoms with Crippen molar-refractivity contribution in [3.8, 4) is 0 Å². The number of hydrogen-bond donors (Lipinski definition) is 1. The van der Waals surface area contributed by atoms with Gasteiger partial charge in [0.2, 0.25) is 0 Å². The molecule has 0 aromatic carbocycles. The van der Waals surface area contributed by atoms with Crippen LogP contribution in [0.15, 0.2) is 4.47 Å². The van der Waals surface area contributed by atoms with Crippen LogP contribution in [0.2, 0.25) is 0 Å². The number of anilines is 1. The van der Waals surface area contributed by atoms with Crippen LogP contribution < -0.4 is 5.32 Å². The second kappa shape index (κ2) is 7.09. The van der Waals surface area contributed by atoms with E-state index in [1.807, 2.05) is 7.05 Å². The van der Waals surface area contributed by atoms with Crippen molar-refractivity contribution in [2.45, 2.75) is 19.3 Å². The SMILES string of the molecule is CCSCc1nc(COC)c(Br)c(NC)n1. The summed E-state index contributed by atoms with van der Waals surface area (Å²) in [5.41, 5.74) is 0.883. The summed E-state index contributed by atoms with van der Waals surface area (Å²) in [5.74, 6) is 3.54. The zero-order chi connectivity index (χ0) is 12.0. The van der Waals surface area contributed by atoms with Gasteiger partial charge in [0.05, 0.1) is 22.5 Å². The number of nitrogens with zero attached hydrogens (tertiary/aromatic N) is 2. The summed E-state index contributed by atoms with van der Waals surface area (Å²) in [7, 11) is 3.51. The van der Waals surface area contributed by atoms with Crippen molar-refractivity contribution in [3.05, 3.63) is 16.0 Å². The number of rotatable bonds is 6. The van der Waals surface area contributed by atoms with Gasteiger partial charge in [-0.3, -0.25) is 0 Å². The third-order valence-electron chi connectivity index (χ3n) is 1.92. The molecule has 0 aliphatic rings. The lowest BCUT2D eigenvalue weighted by Crippen LogP contribution is -2.06. The minimum Gasteiger partial charge on any atom is -0.378 e. The van der Waals surface area contributed by atoms with Crippen LogP contribution in [0, 0.1) is 0 Å². The van der Waals surface area contributed by atoms with Gasteiger partial charge in [-0.05, 0) is 21.7 Å². The average molecular weight is 306 g/mol. The molecule has 90 valence electrons. The Labute approximate surface area is 109 Å². The predicted octanol–water partition coefficient (Wildman–Crippen LogP) is 2.68. The highest BCUT2D eigenvalue weighted by Gasteiger charge is 2.10. The number of thioether (sulfide) groups is 1. The van der Waals surface area contributed by atoms with Crippen molar-refractivity contribution >= 4 is 33.5 Å². The topological polar surface area (TPSA) is 47.0 Å². The van der Waals surface area contributed by atoms with Gasteiger partial charge in [0.25, 0.3) is 0 Å². The fourth-order valence-electron chi connectivity index (χ4n) is 1.20. The van der Waals surface area contributed by atoms with Crippen molar-refractivity contribution in [1.29, 1.82) is 0 Å². The average Bonchev–Trinajstić information content (AvgIpc) is 2.30. The molecule has 0 unspecified atom stereocenters. The first kappa shape index (κ1) is 13.7. The fraction of sp³-hybridized carbons (Fsp3) is 0.600. The molecule has 0 bridgehead atoms. The van der Waals surface area contributed by atoms with Crippen LogP contribution in [0.1, 0.15) is 18.4 Å². The summed E-state index contributed by atoms with van der Waals surface area (Å²) >= 11 is 5.27. The Morgan fingerprint density at radius 1 is 1.44 bits per heavy atom. The number of nitrogens with one attached hydrogen (secondary N) is 1. The summed E-state index contributed by atoms with van der Waals surface area (Å²) in [5, 5.41) is 3.05. The Balaban J connectivity index is 2.97. The molecule has 0 aliphatic carbocycles. The summed E-state index contributed by atoms with van der Waals surface area (Å²) in [4.78, 5) is 8.89. The first-order valence-electron chi connectivity index (χ1n) is 5.02. The Kier molecular flexibility index (Phi) is 6.08. The quantitative estimate of drug-likeness (QED) is 0.875. The minimum atomic E-state index is 0.488. The van der Waals surface area contributed by atoms with E-state index in [1.165, 1.54) is 0 Å². The molecule has 1 rings (SSSR count). The maximum absolute atomic E-state index is 5.11. The highest BCUT2D eigenvalue weighted by molar-refractivity contribution is 9.10. The van der Waals surface area contributed by atoms with Gasteiger partial charge in [-0.15, -0.1) is 0 Å². The predicted molar refractivity (Wildman–Crippen MR) is 71.8 cm³/mol. The lowest BCUT2D eigenvalue weighted by molar-refractivity contribution is 0.180. The number of aromatic nitrogens is 2. The summed E-state index contributed by atoms with van der Waals surface area (Å²) in [6.07, 6.45) is 0. The molecule has 1 aromatic heterocycles. The van der Waals surface area contributed by atoms with Gasteiger partial charge in [-0.25, -0.2) is 9.97 Å². The van der Waals surface area contributed by atoms with Gasteiger partial charge in [-0.1, -0.05) is 6.92 Å². The highest BCUT2D eigenvalue weighted by atomic mass is 79.9. The number of halogens is 1. The normalized spacial score (nSPS) is 10.5. The van der Waals surface area contributed by atoms with E-state index in [9.17, 15) is 0 Å². The Bertz CT molecular complexity index is 349. The minimum absolute atomic E-state index is 0.488. The van der Waals surface area contributed by atoms with Gasteiger partial charge in [-0.2, -0.15) is 11.8 Å². The Morgan fingerprint density at radius 2 is 2.19 bits per heavy atom. The third kappa shape index (κ3) is 3.61. The molecule has 16 heavy (non-hydrogen) atoms. The lowest BCUT2D eigenvalue weighted by atomic mass is 10.4. The monoisotopic (exact) mass is 305 g/mol. The van der Waals surface area contributed by atoms with Crippen LogP contribution in [0.4, 0.5) is 5.82 Å². The van der Waals surface area contributed by atoms with Gasteiger partial charge in [0, 0.05) is 14.2 Å². The molecule has 1 heterocycles. The van der Waals surface area contributed by atoms with E-state index >= 15 is 0 Å². The van der Waals surface area contributed by atoms with Crippen LogP contribution in [-0.4, -0.2) is 29.9 Å². The van der Waals surface area contributed by atoms with Crippen LogP contribution in [-0.2, 0) is 17.1 Å². The molecule has 0 fully saturated rings. The van der Waals surface area contributed by atoms with Crippen LogP contribution in [0.3, 0.4) is 0 Å². The maximum Gasteiger partial charge on any atom is 0.144 e. The summed E-state index contributed by atoms with van der Waals surface area (Å²) in [6.45, 7) is 2.61. The van der Waals surface area contributed by atoms with Crippen molar-refractivity contribution < 1.29 is 4.74 Å². The second-order valence-electron chi connectivity index (χ2n) is 3.07. The first-order chi connectivity index (χ1) is 7.72. The largest absolute Gasteiger partial charge is 0.378 e. The lowest BCUT2D eigenvalue weighted by Gasteiger charge is -2.10. The molecule has 4 nitrogen and oxygen atoms in total. The standard InChI is InChI=1S/C10H16BrN3OS/c1-4-16-6-8-13-7(5-15-3)9(11)10(12-2)14-8/h4-6H2,1-3H3,(H,12,13,14). The van der Waals surface area contributed by atoms with E-state index in [0.29, 0.717) is 6.61 Å². The molecular weight excluding hydrogens is 290 g/mol. The van der Waals surface area contributed by atoms with E-state index in [1.54, 1.807) is 18.9 Å². The first-order valence-corrected chi connectivity index (χ1v) is 6.97. The fourth-order valence-corrected chi connectivity index (χ4v) is 2.21. The van der Waals surface area contributed by atoms with E-state index < -0.39 is 0 Å². The van der Waals surface area contributed by atoms with Crippen molar-refractivity contribution in [1.82, 2.24) is 9.97 Å². The molecule has 0 spiro atoms. The smallest absolute Gasteiger partial charge is 0.144 e. The second-order valence-corrected chi connectivity index (χ2v) is 5.14. The molecule has 0 radical (unpaired) electrons. The van der Waals surface area contributed by atoms with Crippen LogP contribution in [0.5, 0.6) is 0 Å². The molecule has 1 N–H and O–H groups in total. The molecule has 0 saturated carbocycles. The summed E-state index contributed by atoms with van der Waals surface area (Å²) < 4.78 is 5.99. The summed E-state index contributed by atoms with van der Waals surface area (Å²) in [6, 6.07) is 0. The Hall–Kier alpha value is -0.330. The molecule has 0 saturated heterocycles. The van der Waals surface area contributed by atoms with Gasteiger partial charge in [0.1, 0.15) is 11.6 Å². The zero-order valence-electron chi connectivity index (χ0n) is 9.71. The molecule has 6 heteroatoms. The highest BCUT2D eigenvalue weighted by Crippen LogP contribution is 2.24. The molecule has 0 amide bonds. The molecule has 0 aliphatic heterocycles. The number of hydrogen-bond acceptors (Lipinski definition) is 5. The van der Waals surface area contributed by atoms with Crippen LogP contribution in [0.25, 0.3) is 0 Å². The number of ether oxygens (including phenoxy) is 1. The Morgan fingerprint density at radius 3 is 2.75 bits per heavy atom. The number of methoxy groups -OCH3 is 1. The van der Waals surface area contributed by atoms with Gasteiger partial charge >= 0.3 is 0 Å². The molecule has 1 aromatic rings. The third-order valence-corrected chi connectivity index (χ3v) is 3.62. The van der Waals surface area contributed by atoms with Crippen molar-refractivity contribution in [2.75, 3.05) is 25.2 Å². The zero-order valence-corrected chi connectivity index (χ0v) is 12.1. The van der Waals surface area contributed by atoms with E-state index in [4.69, 9.17) is 4.74 Å². The van der Waals surface area contributed by atoms with E-state index in [-0.39, 0.29) is 0 Å². The van der Waals surface area contributed by atoms with Crippen molar-refractivity contribution in [3.63, 3.8) is 0 Å². The van der Waals surface area contributed by atoms with Crippen molar-refractivity contribution in [2.24, 2.45) is 0 Å².